The molecule has 2 aliphatic heterocycles. The Morgan fingerprint density at radius 2 is 1.89 bits per heavy atom. The van der Waals surface area contributed by atoms with Crippen LogP contribution in [-0.2, 0) is 19.1 Å². The highest BCUT2D eigenvalue weighted by atomic mass is 32.1. The van der Waals surface area contributed by atoms with Gasteiger partial charge in [0.15, 0.2) is 0 Å². The van der Waals surface area contributed by atoms with Crippen LogP contribution in [0.5, 0.6) is 0 Å². The van der Waals surface area contributed by atoms with Crippen molar-refractivity contribution in [3.8, 4) is 0 Å². The molecular weight excluding hydrogens is 466 g/mol. The van der Waals surface area contributed by atoms with Crippen molar-refractivity contribution in [1.29, 1.82) is 0 Å². The summed E-state index contributed by atoms with van der Waals surface area (Å²) in [6.07, 6.45) is 1.62. The summed E-state index contributed by atoms with van der Waals surface area (Å²) in [5.74, 6) is -1.61. The number of hydrogen-bond acceptors (Lipinski definition) is 8. The Morgan fingerprint density at radius 1 is 1.20 bits per heavy atom. The van der Waals surface area contributed by atoms with Crippen LogP contribution in [0.15, 0.2) is 11.0 Å². The molecule has 2 saturated heterocycles. The lowest BCUT2D eigenvalue weighted by Crippen LogP contribution is -2.46. The number of rotatable bonds is 2. The molecule has 0 amide bonds. The van der Waals surface area contributed by atoms with Gasteiger partial charge in [-0.25, -0.2) is 4.98 Å². The van der Waals surface area contributed by atoms with Gasteiger partial charge in [-0.3, -0.25) is 9.59 Å². The Labute approximate surface area is 212 Å². The van der Waals surface area contributed by atoms with Crippen molar-refractivity contribution in [3.05, 3.63) is 21.7 Å². The van der Waals surface area contributed by atoms with Crippen LogP contribution in [0.1, 0.15) is 77.9 Å². The number of fused-ring (bicyclic) bond motifs is 1. The number of nitrogens with zero attached hydrogens (tertiary/aromatic N) is 1. The summed E-state index contributed by atoms with van der Waals surface area (Å²) in [5, 5.41) is 24.6. The number of carbonyl (C=O) groups excluding carboxylic acids is 2. The van der Waals surface area contributed by atoms with Gasteiger partial charge in [-0.1, -0.05) is 41.0 Å². The van der Waals surface area contributed by atoms with E-state index in [1.807, 2.05) is 39.2 Å². The molecule has 2 fully saturated rings. The van der Waals surface area contributed by atoms with Crippen molar-refractivity contribution < 1.29 is 29.3 Å². The number of cyclic esters (lactones) is 1. The Balaban J connectivity index is 1.87. The minimum atomic E-state index is -1.23. The first-order chi connectivity index (χ1) is 16.3. The van der Waals surface area contributed by atoms with E-state index in [9.17, 15) is 19.8 Å². The van der Waals surface area contributed by atoms with Crippen molar-refractivity contribution in [1.82, 2.24) is 4.98 Å². The average Bonchev–Trinajstić information content (AvgIpc) is 3.46. The summed E-state index contributed by atoms with van der Waals surface area (Å²) in [6, 6.07) is 0. The molecule has 0 bridgehead atoms. The summed E-state index contributed by atoms with van der Waals surface area (Å²) < 4.78 is 11.9. The summed E-state index contributed by atoms with van der Waals surface area (Å²) in [5.41, 5.74) is 0.481. The van der Waals surface area contributed by atoms with Crippen molar-refractivity contribution >= 4 is 29.2 Å². The number of hydrogen-bond donors (Lipinski definition) is 2. The number of aromatic nitrogens is 1. The third-order valence-corrected chi connectivity index (χ3v) is 8.61. The second-order valence-electron chi connectivity index (χ2n) is 11.1. The minimum Gasteiger partial charge on any atom is -0.457 e. The molecule has 3 rings (SSSR count). The second kappa shape index (κ2) is 11.2. The van der Waals surface area contributed by atoms with Gasteiger partial charge in [-0.2, -0.15) is 0 Å². The lowest BCUT2D eigenvalue weighted by Gasteiger charge is -2.34. The van der Waals surface area contributed by atoms with E-state index in [0.29, 0.717) is 0 Å². The normalized spacial score (nSPS) is 37.5. The van der Waals surface area contributed by atoms with Crippen LogP contribution in [0.3, 0.4) is 0 Å². The molecule has 0 saturated carbocycles. The highest BCUT2D eigenvalue weighted by Crippen LogP contribution is 2.39. The molecule has 2 aliphatic rings. The van der Waals surface area contributed by atoms with Gasteiger partial charge in [-0.05, 0) is 44.3 Å². The molecule has 8 heteroatoms. The average molecular weight is 508 g/mol. The van der Waals surface area contributed by atoms with Gasteiger partial charge >= 0.3 is 5.97 Å². The Bertz CT molecular complexity index is 940. The maximum atomic E-state index is 13.2. The van der Waals surface area contributed by atoms with Gasteiger partial charge in [0.25, 0.3) is 0 Å². The number of Topliss-reactive ketones (excluding diaryl/α,β-unsaturated/α-hetero) is 1. The van der Waals surface area contributed by atoms with Crippen LogP contribution in [0.25, 0.3) is 6.08 Å². The van der Waals surface area contributed by atoms with E-state index in [1.165, 1.54) is 0 Å². The molecule has 3 heterocycles. The molecule has 8 atom stereocenters. The van der Waals surface area contributed by atoms with Gasteiger partial charge in [0.1, 0.15) is 11.9 Å². The summed E-state index contributed by atoms with van der Waals surface area (Å²) in [7, 11) is 0. The van der Waals surface area contributed by atoms with E-state index in [1.54, 1.807) is 32.1 Å². The molecule has 1 aromatic rings. The summed E-state index contributed by atoms with van der Waals surface area (Å²) >= 11 is 1.56. The Morgan fingerprint density at radius 3 is 2.51 bits per heavy atom. The SMILES string of the molecule is C/C(=C\c1csc(C)n1)[C@H]1OC(=O)C[C@H](O)C(C)(C)C(=O)[C@H](C)[C@@H](O)[C@@H](C)CCC[C@H]2O[C@H]2[C@@H]1C. The van der Waals surface area contributed by atoms with E-state index in [4.69, 9.17) is 9.47 Å². The number of aliphatic hydroxyl groups is 2. The number of carbonyl (C=O) groups is 2. The molecule has 0 aromatic carbocycles. The summed E-state index contributed by atoms with van der Waals surface area (Å²) in [6.45, 7) is 12.8. The highest BCUT2D eigenvalue weighted by Gasteiger charge is 2.47. The lowest BCUT2D eigenvalue weighted by molar-refractivity contribution is -0.156. The molecule has 1 aromatic heterocycles. The number of aryl methyl sites for hydroxylation is 1. The molecule has 2 N–H and O–H groups in total. The van der Waals surface area contributed by atoms with E-state index in [-0.39, 0.29) is 36.2 Å². The molecule has 0 unspecified atom stereocenters. The number of esters is 1. The monoisotopic (exact) mass is 507 g/mol. The topological polar surface area (TPSA) is 109 Å². The molecule has 0 aliphatic carbocycles. The first-order valence-corrected chi connectivity index (χ1v) is 13.6. The Hall–Kier alpha value is -1.61. The summed E-state index contributed by atoms with van der Waals surface area (Å²) in [4.78, 5) is 30.7. The fraction of sp³-hybridized carbons (Fsp3) is 0.741. The van der Waals surface area contributed by atoms with Gasteiger partial charge < -0.3 is 19.7 Å². The van der Waals surface area contributed by atoms with Crippen LogP contribution in [-0.4, -0.2) is 57.5 Å². The van der Waals surface area contributed by atoms with Crippen molar-refractivity contribution in [2.45, 2.75) is 105 Å². The van der Waals surface area contributed by atoms with E-state index in [0.717, 1.165) is 35.5 Å². The zero-order valence-electron chi connectivity index (χ0n) is 22.0. The maximum absolute atomic E-state index is 13.2. The molecule has 35 heavy (non-hydrogen) atoms. The van der Waals surface area contributed by atoms with Crippen molar-refractivity contribution in [2.24, 2.45) is 23.2 Å². The predicted octanol–water partition coefficient (Wildman–Crippen LogP) is 4.33. The fourth-order valence-electron chi connectivity index (χ4n) is 5.21. The van der Waals surface area contributed by atoms with Gasteiger partial charge in [0.05, 0.1) is 47.0 Å². The number of ether oxygens (including phenoxy) is 2. The van der Waals surface area contributed by atoms with Crippen LogP contribution in [0.2, 0.25) is 0 Å². The predicted molar refractivity (Wildman–Crippen MR) is 136 cm³/mol. The van der Waals surface area contributed by atoms with E-state index in [2.05, 4.69) is 4.98 Å². The van der Waals surface area contributed by atoms with Gasteiger partial charge in [0, 0.05) is 17.2 Å². The second-order valence-corrected chi connectivity index (χ2v) is 12.1. The third-order valence-electron chi connectivity index (χ3n) is 7.82. The van der Waals surface area contributed by atoms with Crippen molar-refractivity contribution in [2.75, 3.05) is 0 Å². The number of thiazole rings is 1. The smallest absolute Gasteiger partial charge is 0.309 e. The third kappa shape index (κ3) is 6.59. The van der Waals surface area contributed by atoms with Crippen LogP contribution < -0.4 is 0 Å². The lowest BCUT2D eigenvalue weighted by atomic mass is 9.73. The highest BCUT2D eigenvalue weighted by molar-refractivity contribution is 7.09. The fourth-order valence-corrected chi connectivity index (χ4v) is 5.78. The zero-order chi connectivity index (χ0) is 26.1. The van der Waals surface area contributed by atoms with E-state index < -0.39 is 35.6 Å². The molecule has 0 spiro atoms. The largest absolute Gasteiger partial charge is 0.457 e. The van der Waals surface area contributed by atoms with E-state index >= 15 is 0 Å². The Kier molecular flexibility index (Phi) is 8.95. The molecule has 7 nitrogen and oxygen atoms in total. The van der Waals surface area contributed by atoms with Gasteiger partial charge in [0.2, 0.25) is 0 Å². The minimum absolute atomic E-state index is 0.0247. The molecule has 0 radical (unpaired) electrons. The van der Waals surface area contributed by atoms with Gasteiger partial charge in [-0.15, -0.1) is 11.3 Å². The first kappa shape index (κ1) is 28.0. The quantitative estimate of drug-likeness (QED) is 0.453. The number of epoxide rings is 1. The maximum Gasteiger partial charge on any atom is 0.309 e. The van der Waals surface area contributed by atoms with Crippen molar-refractivity contribution in [3.63, 3.8) is 0 Å². The zero-order valence-corrected chi connectivity index (χ0v) is 22.8. The standard InChI is InChI=1S/C27H41NO6S/c1-14-9-8-10-20-25(33-20)17(4)24(15(2)11-19-13-35-18(5)28-19)34-22(30)12-21(29)27(6,7)26(32)16(3)23(14)31/h11,13-14,16-17,20-21,23-25,29,31H,8-10,12H2,1-7H3/b15-11+/t14-,16+,17+,20+,21-,23-,24+,25-/m0/s1. The first-order valence-electron chi connectivity index (χ1n) is 12.7. The number of ketones is 1. The molecular formula is C27H41NO6S. The van der Waals surface area contributed by atoms with Crippen LogP contribution >= 0.6 is 11.3 Å². The van der Waals surface area contributed by atoms with Crippen LogP contribution in [0.4, 0.5) is 0 Å². The number of aliphatic hydroxyl groups excluding tert-OH is 2. The van der Waals surface area contributed by atoms with Crippen LogP contribution in [0, 0.1) is 30.1 Å². The molecule has 196 valence electrons.